The van der Waals surface area contributed by atoms with E-state index in [-0.39, 0.29) is 0 Å². The molecule has 0 aliphatic rings. The third-order valence-electron chi connectivity index (χ3n) is 6.09. The molecule has 0 amide bonds. The summed E-state index contributed by atoms with van der Waals surface area (Å²) in [6.45, 7) is 3.50. The van der Waals surface area contributed by atoms with Gasteiger partial charge in [0.25, 0.3) is 0 Å². The van der Waals surface area contributed by atoms with Crippen LogP contribution in [0.5, 0.6) is 0 Å². The van der Waals surface area contributed by atoms with Crippen molar-refractivity contribution in [3.05, 3.63) is 34.9 Å². The second kappa shape index (κ2) is 18.2. The molecule has 0 aliphatic carbocycles. The van der Waals surface area contributed by atoms with Crippen LogP contribution in [-0.4, -0.2) is 0 Å². The molecule has 0 aromatic heterocycles. The number of aryl methyl sites for hydroxylation is 1. The van der Waals surface area contributed by atoms with Crippen LogP contribution in [0.3, 0.4) is 0 Å². The van der Waals surface area contributed by atoms with Crippen LogP contribution in [0.1, 0.15) is 126 Å². The van der Waals surface area contributed by atoms with Crippen molar-refractivity contribution >= 4 is 0 Å². The van der Waals surface area contributed by atoms with Gasteiger partial charge in [-0.25, -0.2) is 0 Å². The number of benzene rings is 1. The molecule has 1 rings (SSSR count). The highest BCUT2D eigenvalue weighted by Crippen LogP contribution is 2.18. The van der Waals surface area contributed by atoms with E-state index in [1.54, 1.807) is 0 Å². The van der Waals surface area contributed by atoms with Crippen molar-refractivity contribution < 1.29 is 0 Å². The maximum Gasteiger partial charge on any atom is 0.0184 e. The largest absolute Gasteiger partial charge is 0.326 e. The van der Waals surface area contributed by atoms with E-state index in [4.69, 9.17) is 11.5 Å². The van der Waals surface area contributed by atoms with E-state index in [0.29, 0.717) is 13.1 Å². The monoisotopic (exact) mass is 388 g/mol. The molecule has 28 heavy (non-hydrogen) atoms. The second-order valence-electron chi connectivity index (χ2n) is 8.52. The van der Waals surface area contributed by atoms with E-state index < -0.39 is 0 Å². The number of hydrogen-bond donors (Lipinski definition) is 2. The maximum absolute atomic E-state index is 5.93. The molecule has 0 fully saturated rings. The SMILES string of the molecule is CCCCCCCCCCCCCCCCCCc1cccc(CN)c1CN. The van der Waals surface area contributed by atoms with E-state index >= 15 is 0 Å². The average molecular weight is 389 g/mol. The Balaban J connectivity index is 1.90. The molecule has 0 saturated carbocycles. The summed E-state index contributed by atoms with van der Waals surface area (Å²) < 4.78 is 0. The van der Waals surface area contributed by atoms with Gasteiger partial charge in [-0.05, 0) is 29.5 Å². The van der Waals surface area contributed by atoms with Gasteiger partial charge >= 0.3 is 0 Å². The third kappa shape index (κ3) is 11.9. The molecule has 0 spiro atoms. The van der Waals surface area contributed by atoms with Crippen molar-refractivity contribution in [3.8, 4) is 0 Å². The van der Waals surface area contributed by atoms with Gasteiger partial charge in [-0.3, -0.25) is 0 Å². The molecule has 0 aliphatic heterocycles. The van der Waals surface area contributed by atoms with E-state index in [9.17, 15) is 0 Å². The van der Waals surface area contributed by atoms with Crippen LogP contribution >= 0.6 is 0 Å². The standard InChI is InChI=1S/C26H48N2/c1-2-3-4-5-6-7-8-9-10-11-12-13-14-15-16-17-19-24-20-18-21-25(22-27)26(24)23-28/h18,20-21H,2-17,19,22-23,27-28H2,1H3. The molecular formula is C26H48N2. The Morgan fingerprint density at radius 1 is 0.536 bits per heavy atom. The molecule has 1 aromatic carbocycles. The predicted molar refractivity (Wildman–Crippen MR) is 125 cm³/mol. The summed E-state index contributed by atoms with van der Waals surface area (Å²) in [6, 6.07) is 6.47. The van der Waals surface area contributed by atoms with Gasteiger partial charge in [0.2, 0.25) is 0 Å². The second-order valence-corrected chi connectivity index (χ2v) is 8.52. The van der Waals surface area contributed by atoms with Gasteiger partial charge in [0.05, 0.1) is 0 Å². The molecular weight excluding hydrogens is 340 g/mol. The van der Waals surface area contributed by atoms with Crippen LogP contribution in [0, 0.1) is 0 Å². The first-order valence-electron chi connectivity index (χ1n) is 12.3. The fourth-order valence-electron chi connectivity index (χ4n) is 4.24. The van der Waals surface area contributed by atoms with Crippen molar-refractivity contribution in [1.82, 2.24) is 0 Å². The van der Waals surface area contributed by atoms with Crippen LogP contribution in [0.25, 0.3) is 0 Å². The summed E-state index contributed by atoms with van der Waals surface area (Å²) in [4.78, 5) is 0. The van der Waals surface area contributed by atoms with Crippen LogP contribution in [0.15, 0.2) is 18.2 Å². The highest BCUT2D eigenvalue weighted by Gasteiger charge is 2.05. The number of rotatable bonds is 19. The van der Waals surface area contributed by atoms with Crippen molar-refractivity contribution in [2.45, 2.75) is 129 Å². The van der Waals surface area contributed by atoms with Gasteiger partial charge in [-0.15, -0.1) is 0 Å². The van der Waals surface area contributed by atoms with E-state index in [0.717, 1.165) is 6.42 Å². The molecule has 0 bridgehead atoms. The first kappa shape index (κ1) is 25.2. The highest BCUT2D eigenvalue weighted by molar-refractivity contribution is 5.35. The van der Waals surface area contributed by atoms with Crippen LogP contribution in [0.4, 0.5) is 0 Å². The summed E-state index contributed by atoms with van der Waals surface area (Å²) in [5, 5.41) is 0. The Hall–Kier alpha value is -0.860. The highest BCUT2D eigenvalue weighted by atomic mass is 14.6. The lowest BCUT2D eigenvalue weighted by molar-refractivity contribution is 0.529. The van der Waals surface area contributed by atoms with Gasteiger partial charge in [0.1, 0.15) is 0 Å². The Labute approximate surface area is 175 Å². The van der Waals surface area contributed by atoms with E-state index in [2.05, 4.69) is 25.1 Å². The zero-order chi connectivity index (χ0) is 20.3. The van der Waals surface area contributed by atoms with Gasteiger partial charge in [0, 0.05) is 13.1 Å². The molecule has 2 nitrogen and oxygen atoms in total. The van der Waals surface area contributed by atoms with Crippen molar-refractivity contribution in [2.24, 2.45) is 11.5 Å². The lowest BCUT2D eigenvalue weighted by Gasteiger charge is -2.12. The zero-order valence-corrected chi connectivity index (χ0v) is 18.8. The van der Waals surface area contributed by atoms with Crippen molar-refractivity contribution in [1.29, 1.82) is 0 Å². The first-order chi connectivity index (χ1) is 13.8. The summed E-state index contributed by atoms with van der Waals surface area (Å²) in [7, 11) is 0. The Morgan fingerprint density at radius 3 is 1.39 bits per heavy atom. The number of hydrogen-bond acceptors (Lipinski definition) is 2. The summed E-state index contributed by atoms with van der Waals surface area (Å²) in [6.07, 6.45) is 23.9. The minimum atomic E-state index is 0.597. The summed E-state index contributed by atoms with van der Waals surface area (Å²) in [5.41, 5.74) is 15.7. The van der Waals surface area contributed by atoms with E-state index in [1.165, 1.54) is 119 Å². The van der Waals surface area contributed by atoms with Crippen molar-refractivity contribution in [3.63, 3.8) is 0 Å². The van der Waals surface area contributed by atoms with Gasteiger partial charge in [-0.1, -0.05) is 121 Å². The molecule has 0 unspecified atom stereocenters. The third-order valence-corrected chi connectivity index (χ3v) is 6.09. The topological polar surface area (TPSA) is 52.0 Å². The fourth-order valence-corrected chi connectivity index (χ4v) is 4.24. The molecule has 0 radical (unpaired) electrons. The smallest absolute Gasteiger partial charge is 0.0184 e. The van der Waals surface area contributed by atoms with E-state index in [1.807, 2.05) is 0 Å². The number of unbranched alkanes of at least 4 members (excludes halogenated alkanes) is 15. The number of nitrogens with two attached hydrogens (primary N) is 2. The van der Waals surface area contributed by atoms with Crippen LogP contribution < -0.4 is 11.5 Å². The maximum atomic E-state index is 5.93. The van der Waals surface area contributed by atoms with Gasteiger partial charge in [0.15, 0.2) is 0 Å². The molecule has 4 N–H and O–H groups in total. The van der Waals surface area contributed by atoms with Gasteiger partial charge in [-0.2, -0.15) is 0 Å². The molecule has 2 heteroatoms. The summed E-state index contributed by atoms with van der Waals surface area (Å²) in [5.74, 6) is 0. The van der Waals surface area contributed by atoms with Crippen LogP contribution in [-0.2, 0) is 19.5 Å². The Bertz CT molecular complexity index is 470. The quantitative estimate of drug-likeness (QED) is 0.242. The first-order valence-corrected chi connectivity index (χ1v) is 12.3. The fraction of sp³-hybridized carbons (Fsp3) is 0.769. The molecule has 162 valence electrons. The molecule has 0 atom stereocenters. The minimum Gasteiger partial charge on any atom is -0.326 e. The average Bonchev–Trinajstić information content (AvgIpc) is 2.73. The molecule has 0 heterocycles. The van der Waals surface area contributed by atoms with Gasteiger partial charge < -0.3 is 11.5 Å². The molecule has 1 aromatic rings. The lowest BCUT2D eigenvalue weighted by atomic mass is 9.96. The minimum absolute atomic E-state index is 0.597. The van der Waals surface area contributed by atoms with Crippen molar-refractivity contribution in [2.75, 3.05) is 0 Å². The molecule has 0 saturated heterocycles. The van der Waals surface area contributed by atoms with Crippen LogP contribution in [0.2, 0.25) is 0 Å². The normalized spacial score (nSPS) is 11.2. The predicted octanol–water partition coefficient (Wildman–Crippen LogP) is 7.41. The Morgan fingerprint density at radius 2 is 0.964 bits per heavy atom. The Kier molecular flexibility index (Phi) is 16.4. The lowest BCUT2D eigenvalue weighted by Crippen LogP contribution is -2.09. The summed E-state index contributed by atoms with van der Waals surface area (Å²) >= 11 is 0. The zero-order valence-electron chi connectivity index (χ0n) is 18.8.